The van der Waals surface area contributed by atoms with Gasteiger partial charge in [0.15, 0.2) is 17.5 Å². The number of ether oxygens (including phenoxy) is 1. The van der Waals surface area contributed by atoms with E-state index in [1.54, 1.807) is 12.5 Å². The van der Waals surface area contributed by atoms with Gasteiger partial charge in [-0.1, -0.05) is 11.6 Å². The second kappa shape index (κ2) is 12.8. The van der Waals surface area contributed by atoms with E-state index in [9.17, 15) is 13.6 Å². The van der Waals surface area contributed by atoms with Crippen LogP contribution < -0.4 is 15.5 Å². The highest BCUT2D eigenvalue weighted by molar-refractivity contribution is 6.31. The van der Waals surface area contributed by atoms with Gasteiger partial charge in [0, 0.05) is 48.0 Å². The number of fused-ring (bicyclic) bond motifs is 3. The lowest BCUT2D eigenvalue weighted by Crippen LogP contribution is -2.63. The molecule has 4 aromatic rings. The van der Waals surface area contributed by atoms with E-state index in [1.807, 2.05) is 49.3 Å². The number of carbonyl (C=O) groups is 1. The highest BCUT2D eigenvalue weighted by atomic mass is 35.5. The van der Waals surface area contributed by atoms with Gasteiger partial charge in [-0.3, -0.25) is 20.0 Å². The van der Waals surface area contributed by atoms with E-state index in [0.717, 1.165) is 43.5 Å². The Labute approximate surface area is 322 Å². The number of amides is 1. The SMILES string of the molecule is CC(C)n1cnc2cc(-c3cnc4c(c3)N(C3CC(C)(N5CC6CC6C5)C3)C(=O)C4(C)C)nc(Nc3cc(COCNC4(C(F)F)CC4)c(Cl)c(F)c3F)c21. The molecule has 9 rings (SSSR count). The lowest BCUT2D eigenvalue weighted by atomic mass is 9.71. The zero-order valence-corrected chi connectivity index (χ0v) is 32.3. The zero-order valence-electron chi connectivity index (χ0n) is 31.5. The molecular formula is C40H45ClF4N8O2. The summed E-state index contributed by atoms with van der Waals surface area (Å²) in [5.41, 5.74) is 1.61. The number of pyridine rings is 2. The van der Waals surface area contributed by atoms with Crippen molar-refractivity contribution in [2.75, 3.05) is 30.0 Å². The van der Waals surface area contributed by atoms with Crippen LogP contribution in [0.25, 0.3) is 22.3 Å². The largest absolute Gasteiger partial charge is 0.362 e. The zero-order chi connectivity index (χ0) is 38.8. The molecule has 0 radical (unpaired) electrons. The maximum absolute atomic E-state index is 15.6. The molecule has 4 fully saturated rings. The number of hydrogen-bond acceptors (Lipinski definition) is 8. The molecular weight excluding hydrogens is 736 g/mol. The molecule has 2 aliphatic heterocycles. The van der Waals surface area contributed by atoms with Crippen molar-refractivity contribution in [3.8, 4) is 11.3 Å². The number of rotatable bonds is 12. The van der Waals surface area contributed by atoms with Gasteiger partial charge in [-0.15, -0.1) is 0 Å². The molecule has 2 unspecified atom stereocenters. The Morgan fingerprint density at radius 1 is 1.04 bits per heavy atom. The maximum Gasteiger partial charge on any atom is 0.256 e. The van der Waals surface area contributed by atoms with Crippen molar-refractivity contribution in [1.82, 2.24) is 29.7 Å². The maximum atomic E-state index is 15.6. The molecule has 1 saturated heterocycles. The fourth-order valence-electron chi connectivity index (χ4n) is 9.00. The predicted molar refractivity (Wildman–Crippen MR) is 202 cm³/mol. The number of nitrogens with one attached hydrogen (secondary N) is 2. The van der Waals surface area contributed by atoms with Crippen LogP contribution >= 0.6 is 11.6 Å². The highest BCUT2D eigenvalue weighted by Crippen LogP contribution is 2.54. The minimum Gasteiger partial charge on any atom is -0.362 e. The number of anilines is 3. The van der Waals surface area contributed by atoms with Gasteiger partial charge in [-0.05, 0) is 96.8 Å². The van der Waals surface area contributed by atoms with Gasteiger partial charge in [0.1, 0.15) is 5.52 Å². The van der Waals surface area contributed by atoms with Crippen LogP contribution in [-0.2, 0) is 21.6 Å². The molecule has 5 heterocycles. The van der Waals surface area contributed by atoms with Crippen LogP contribution in [0.1, 0.15) is 84.0 Å². The number of piperidine rings is 1. The van der Waals surface area contributed by atoms with E-state index >= 15 is 8.78 Å². The third-order valence-corrected chi connectivity index (χ3v) is 13.2. The molecule has 1 aromatic carbocycles. The molecule has 1 amide bonds. The summed E-state index contributed by atoms with van der Waals surface area (Å²) in [7, 11) is 0. The molecule has 3 aromatic heterocycles. The van der Waals surface area contributed by atoms with Crippen molar-refractivity contribution in [3.63, 3.8) is 0 Å². The number of carbonyl (C=O) groups excluding carboxylic acids is 1. The Hall–Kier alpha value is -3.85. The van der Waals surface area contributed by atoms with Gasteiger partial charge in [0.05, 0.1) is 63.9 Å². The van der Waals surface area contributed by atoms with Gasteiger partial charge < -0.3 is 19.5 Å². The van der Waals surface area contributed by atoms with Crippen LogP contribution in [0.4, 0.5) is 34.8 Å². The first-order valence-electron chi connectivity index (χ1n) is 19.1. The van der Waals surface area contributed by atoms with Crippen LogP contribution in [0.15, 0.2) is 30.7 Å². The fraction of sp³-hybridized carbons (Fsp3) is 0.550. The summed E-state index contributed by atoms with van der Waals surface area (Å²) in [6.45, 7) is 11.9. The number of benzene rings is 1. The quantitative estimate of drug-likeness (QED) is 0.0644. The van der Waals surface area contributed by atoms with Gasteiger partial charge >= 0.3 is 0 Å². The number of hydrogen-bond donors (Lipinski definition) is 2. The van der Waals surface area contributed by atoms with Crippen molar-refractivity contribution < 1.29 is 27.1 Å². The molecule has 292 valence electrons. The first kappa shape index (κ1) is 36.8. The van der Waals surface area contributed by atoms with Crippen molar-refractivity contribution in [3.05, 3.63) is 58.6 Å². The summed E-state index contributed by atoms with van der Waals surface area (Å²) in [6, 6.07) is 5.12. The van der Waals surface area contributed by atoms with Crippen molar-refractivity contribution in [2.45, 2.75) is 108 Å². The summed E-state index contributed by atoms with van der Waals surface area (Å²) in [6.07, 6.45) is 4.62. The van der Waals surface area contributed by atoms with Crippen molar-refractivity contribution >= 4 is 45.7 Å². The van der Waals surface area contributed by atoms with E-state index < -0.39 is 34.0 Å². The lowest BCUT2D eigenvalue weighted by molar-refractivity contribution is -0.123. The first-order chi connectivity index (χ1) is 26.1. The van der Waals surface area contributed by atoms with E-state index in [0.29, 0.717) is 40.8 Å². The summed E-state index contributed by atoms with van der Waals surface area (Å²) in [4.78, 5) is 33.0. The van der Waals surface area contributed by atoms with Crippen LogP contribution in [-0.4, -0.2) is 73.7 Å². The summed E-state index contributed by atoms with van der Waals surface area (Å²) >= 11 is 6.21. The average molecular weight is 781 g/mol. The molecule has 55 heavy (non-hydrogen) atoms. The Bertz CT molecular complexity index is 2210. The fourth-order valence-corrected chi connectivity index (χ4v) is 9.19. The van der Waals surface area contributed by atoms with Crippen molar-refractivity contribution in [1.29, 1.82) is 0 Å². The molecule has 0 bridgehead atoms. The summed E-state index contributed by atoms with van der Waals surface area (Å²) in [5.74, 6) is -0.580. The molecule has 3 aliphatic carbocycles. The molecule has 0 spiro atoms. The Balaban J connectivity index is 1.03. The van der Waals surface area contributed by atoms with Gasteiger partial charge in [0.2, 0.25) is 5.91 Å². The number of imidazole rings is 1. The molecule has 2 atom stereocenters. The minimum atomic E-state index is -2.54. The van der Waals surface area contributed by atoms with Gasteiger partial charge in [-0.2, -0.15) is 0 Å². The van der Waals surface area contributed by atoms with Gasteiger partial charge in [-0.25, -0.2) is 27.5 Å². The minimum absolute atomic E-state index is 0.0294. The van der Waals surface area contributed by atoms with Crippen LogP contribution in [0.5, 0.6) is 0 Å². The first-order valence-corrected chi connectivity index (χ1v) is 19.5. The monoisotopic (exact) mass is 780 g/mol. The van der Waals surface area contributed by atoms with Gasteiger partial charge in [0.25, 0.3) is 6.43 Å². The molecule has 5 aliphatic rings. The van der Waals surface area contributed by atoms with E-state index in [4.69, 9.17) is 26.3 Å². The lowest BCUT2D eigenvalue weighted by Gasteiger charge is -2.54. The summed E-state index contributed by atoms with van der Waals surface area (Å²) in [5, 5.41) is 5.25. The third-order valence-electron chi connectivity index (χ3n) is 12.8. The molecule has 15 heteroatoms. The van der Waals surface area contributed by atoms with E-state index in [2.05, 4.69) is 27.4 Å². The number of aromatic nitrogens is 4. The van der Waals surface area contributed by atoms with Crippen molar-refractivity contribution in [2.24, 2.45) is 11.8 Å². The summed E-state index contributed by atoms with van der Waals surface area (Å²) < 4.78 is 65.0. The van der Waals surface area contributed by atoms with E-state index in [1.165, 1.54) is 12.5 Å². The molecule has 10 nitrogen and oxygen atoms in total. The van der Waals surface area contributed by atoms with Crippen LogP contribution in [0.3, 0.4) is 0 Å². The number of nitrogens with zero attached hydrogens (tertiary/aromatic N) is 6. The average Bonchev–Trinajstić information content (AvgIpc) is 3.98. The molecule has 2 N–H and O–H groups in total. The number of likely N-dealkylation sites (tertiary alicyclic amines) is 1. The number of alkyl halides is 2. The van der Waals surface area contributed by atoms with E-state index in [-0.39, 0.29) is 53.9 Å². The second-order valence-corrected chi connectivity index (χ2v) is 17.7. The number of halogens is 5. The second-order valence-electron chi connectivity index (χ2n) is 17.4. The van der Waals surface area contributed by atoms with Crippen LogP contribution in [0, 0.1) is 23.5 Å². The topological polar surface area (TPSA) is 100 Å². The Morgan fingerprint density at radius 3 is 2.44 bits per heavy atom. The Morgan fingerprint density at radius 2 is 1.76 bits per heavy atom. The highest BCUT2D eigenvalue weighted by Gasteiger charge is 2.58. The Kier molecular flexibility index (Phi) is 8.58. The standard InChI is InChI=1S/C40H45ClF4N8O2/c1-20(2)52-18-47-28-11-26(49-35(33(28)52)50-27-9-24(30(41)32(43)31(27)42)17-55-19-48-40(6-7-40)36(44)45)21-10-29-34(46-14-21)38(3,4)37(54)53(29)25-12-39(5,13-25)51-15-22-8-23(22)16-51/h9-11,14,18,20,22-23,25,36,48H,6-8,12-13,15-17,19H2,1-5H3,(H,49,50). The smallest absolute Gasteiger partial charge is 0.256 e. The third kappa shape index (κ3) is 6.00. The molecule has 3 saturated carbocycles. The normalized spacial score (nSPS) is 26.2. The van der Waals surface area contributed by atoms with Crippen LogP contribution in [0.2, 0.25) is 5.02 Å². The predicted octanol–water partition coefficient (Wildman–Crippen LogP) is 8.11.